The second-order valence-electron chi connectivity index (χ2n) is 1.93. The number of carbonyl (C=O) groups is 1. The standard InChI is InChI=1S/C6H8N2O2.ClH/c7-2-4-1-5(6(9)10)8-3-4;/h1,3,8H,2,7H2,(H,9,10);1H. The molecule has 0 aromatic carbocycles. The molecule has 0 aliphatic rings. The van der Waals surface area contributed by atoms with Crippen LogP contribution in [-0.2, 0) is 6.54 Å². The van der Waals surface area contributed by atoms with Crippen LogP contribution < -0.4 is 5.73 Å². The number of hydrogen-bond acceptors (Lipinski definition) is 2. The van der Waals surface area contributed by atoms with Gasteiger partial charge in [0.15, 0.2) is 0 Å². The van der Waals surface area contributed by atoms with E-state index in [-0.39, 0.29) is 18.1 Å². The molecule has 1 aromatic rings. The monoisotopic (exact) mass is 176 g/mol. The first-order valence-corrected chi connectivity index (χ1v) is 2.84. The Bertz CT molecular complexity index is 246. The Hall–Kier alpha value is -1.00. The second-order valence-corrected chi connectivity index (χ2v) is 1.93. The molecule has 1 rings (SSSR count). The van der Waals surface area contributed by atoms with E-state index in [2.05, 4.69) is 4.98 Å². The van der Waals surface area contributed by atoms with Crippen molar-refractivity contribution in [1.82, 2.24) is 4.98 Å². The van der Waals surface area contributed by atoms with Crippen molar-refractivity contribution < 1.29 is 9.90 Å². The Morgan fingerprint density at radius 3 is 2.64 bits per heavy atom. The second kappa shape index (κ2) is 4.00. The summed E-state index contributed by atoms with van der Waals surface area (Å²) >= 11 is 0. The van der Waals surface area contributed by atoms with E-state index in [4.69, 9.17) is 10.8 Å². The highest BCUT2D eigenvalue weighted by Gasteiger charge is 2.03. The van der Waals surface area contributed by atoms with E-state index in [0.717, 1.165) is 5.56 Å². The summed E-state index contributed by atoms with van der Waals surface area (Å²) in [7, 11) is 0. The van der Waals surface area contributed by atoms with Gasteiger partial charge in [0, 0.05) is 12.7 Å². The van der Waals surface area contributed by atoms with E-state index >= 15 is 0 Å². The van der Waals surface area contributed by atoms with Crippen LogP contribution >= 0.6 is 12.4 Å². The lowest BCUT2D eigenvalue weighted by molar-refractivity contribution is 0.0691. The summed E-state index contributed by atoms with van der Waals surface area (Å²) in [6.07, 6.45) is 1.59. The molecule has 5 heteroatoms. The number of aromatic amines is 1. The summed E-state index contributed by atoms with van der Waals surface area (Å²) in [5, 5.41) is 8.42. The molecular weight excluding hydrogens is 168 g/mol. The van der Waals surface area contributed by atoms with Crippen molar-refractivity contribution in [1.29, 1.82) is 0 Å². The van der Waals surface area contributed by atoms with Crippen LogP contribution in [0.5, 0.6) is 0 Å². The third-order valence-corrected chi connectivity index (χ3v) is 1.21. The first-order valence-electron chi connectivity index (χ1n) is 2.84. The Balaban J connectivity index is 0.000001000. The molecule has 0 aliphatic heterocycles. The fraction of sp³-hybridized carbons (Fsp3) is 0.167. The van der Waals surface area contributed by atoms with E-state index in [0.29, 0.717) is 6.54 Å². The number of hydrogen-bond donors (Lipinski definition) is 3. The number of carboxylic acids is 1. The van der Waals surface area contributed by atoms with Gasteiger partial charge in [0.1, 0.15) is 5.69 Å². The van der Waals surface area contributed by atoms with Gasteiger partial charge in [0.2, 0.25) is 0 Å². The minimum Gasteiger partial charge on any atom is -0.477 e. The Morgan fingerprint density at radius 1 is 1.73 bits per heavy atom. The highest BCUT2D eigenvalue weighted by molar-refractivity contribution is 5.85. The van der Waals surface area contributed by atoms with Crippen molar-refractivity contribution in [2.75, 3.05) is 0 Å². The average molecular weight is 177 g/mol. The zero-order valence-corrected chi connectivity index (χ0v) is 6.52. The molecule has 0 aliphatic carbocycles. The average Bonchev–Trinajstić information content (AvgIpc) is 2.34. The Morgan fingerprint density at radius 2 is 2.36 bits per heavy atom. The van der Waals surface area contributed by atoms with Crippen LogP contribution in [0.15, 0.2) is 12.3 Å². The van der Waals surface area contributed by atoms with Crippen molar-refractivity contribution in [3.63, 3.8) is 0 Å². The molecule has 4 N–H and O–H groups in total. The molecule has 0 atom stereocenters. The Kier molecular flexibility index (Phi) is 3.64. The summed E-state index contributed by atoms with van der Waals surface area (Å²) in [5.41, 5.74) is 6.23. The fourth-order valence-corrected chi connectivity index (χ4v) is 0.681. The number of nitrogens with two attached hydrogens (primary N) is 1. The van der Waals surface area contributed by atoms with Gasteiger partial charge in [-0.3, -0.25) is 0 Å². The minimum absolute atomic E-state index is 0. The molecule has 11 heavy (non-hydrogen) atoms. The number of halogens is 1. The van der Waals surface area contributed by atoms with Gasteiger partial charge in [0.05, 0.1) is 0 Å². The number of rotatable bonds is 2. The van der Waals surface area contributed by atoms with E-state index in [9.17, 15) is 4.79 Å². The topological polar surface area (TPSA) is 79.1 Å². The van der Waals surface area contributed by atoms with Crippen molar-refractivity contribution in [2.45, 2.75) is 6.54 Å². The van der Waals surface area contributed by atoms with Crippen LogP contribution in [0.1, 0.15) is 16.1 Å². The first kappa shape index (κ1) is 10.0. The summed E-state index contributed by atoms with van der Waals surface area (Å²) in [5.74, 6) is -0.959. The highest BCUT2D eigenvalue weighted by Crippen LogP contribution is 2.01. The van der Waals surface area contributed by atoms with Gasteiger partial charge in [-0.2, -0.15) is 0 Å². The largest absolute Gasteiger partial charge is 0.477 e. The normalized spacial score (nSPS) is 8.82. The predicted molar refractivity (Wildman–Crippen MR) is 42.9 cm³/mol. The SMILES string of the molecule is Cl.NCc1c[nH]c(C(=O)O)c1. The maximum absolute atomic E-state index is 10.3. The van der Waals surface area contributed by atoms with Crippen LogP contribution in [0.3, 0.4) is 0 Å². The molecule has 0 bridgehead atoms. The number of aromatic carboxylic acids is 1. The number of aromatic nitrogens is 1. The first-order chi connectivity index (χ1) is 4.74. The third-order valence-electron chi connectivity index (χ3n) is 1.21. The fourth-order valence-electron chi connectivity index (χ4n) is 0.681. The number of carboxylic acid groups (broad SMARTS) is 1. The minimum atomic E-state index is -0.959. The molecule has 0 fully saturated rings. The van der Waals surface area contributed by atoms with Crippen molar-refractivity contribution >= 4 is 18.4 Å². The third kappa shape index (κ3) is 2.25. The molecular formula is C6H9ClN2O2. The predicted octanol–water partition coefficient (Wildman–Crippen LogP) is 0.593. The highest BCUT2D eigenvalue weighted by atomic mass is 35.5. The molecule has 0 amide bonds. The summed E-state index contributed by atoms with van der Waals surface area (Å²) in [6.45, 7) is 0.365. The van der Waals surface area contributed by atoms with Crippen LogP contribution in [0.2, 0.25) is 0 Å². The van der Waals surface area contributed by atoms with Gasteiger partial charge in [0.25, 0.3) is 0 Å². The van der Waals surface area contributed by atoms with Gasteiger partial charge >= 0.3 is 5.97 Å². The van der Waals surface area contributed by atoms with E-state index < -0.39 is 5.97 Å². The maximum atomic E-state index is 10.3. The van der Waals surface area contributed by atoms with Gasteiger partial charge in [-0.1, -0.05) is 0 Å². The van der Waals surface area contributed by atoms with E-state index in [1.54, 1.807) is 6.20 Å². The molecule has 0 saturated carbocycles. The lowest BCUT2D eigenvalue weighted by Crippen LogP contribution is -1.96. The summed E-state index contributed by atoms with van der Waals surface area (Å²) in [4.78, 5) is 12.8. The van der Waals surface area contributed by atoms with Crippen LogP contribution in [0, 0.1) is 0 Å². The van der Waals surface area contributed by atoms with Crippen LogP contribution in [-0.4, -0.2) is 16.1 Å². The summed E-state index contributed by atoms with van der Waals surface area (Å²) in [6, 6.07) is 1.52. The lowest BCUT2D eigenvalue weighted by Gasteiger charge is -1.83. The van der Waals surface area contributed by atoms with E-state index in [1.165, 1.54) is 6.07 Å². The quantitative estimate of drug-likeness (QED) is 0.617. The molecule has 1 heterocycles. The Labute approximate surface area is 69.8 Å². The van der Waals surface area contributed by atoms with Gasteiger partial charge in [-0.05, 0) is 11.6 Å². The smallest absolute Gasteiger partial charge is 0.352 e. The molecule has 62 valence electrons. The van der Waals surface area contributed by atoms with Gasteiger partial charge < -0.3 is 15.8 Å². The van der Waals surface area contributed by atoms with Gasteiger partial charge in [-0.25, -0.2) is 4.79 Å². The lowest BCUT2D eigenvalue weighted by atomic mass is 10.3. The van der Waals surface area contributed by atoms with Crippen LogP contribution in [0.25, 0.3) is 0 Å². The molecule has 1 aromatic heterocycles. The molecule has 0 unspecified atom stereocenters. The number of nitrogens with one attached hydrogen (secondary N) is 1. The summed E-state index contributed by atoms with van der Waals surface area (Å²) < 4.78 is 0. The van der Waals surface area contributed by atoms with Gasteiger partial charge in [-0.15, -0.1) is 12.4 Å². The molecule has 0 saturated heterocycles. The number of H-pyrrole nitrogens is 1. The van der Waals surface area contributed by atoms with Crippen molar-refractivity contribution in [3.8, 4) is 0 Å². The maximum Gasteiger partial charge on any atom is 0.352 e. The van der Waals surface area contributed by atoms with Crippen molar-refractivity contribution in [3.05, 3.63) is 23.5 Å². The molecule has 0 radical (unpaired) electrons. The zero-order valence-electron chi connectivity index (χ0n) is 5.70. The van der Waals surface area contributed by atoms with Crippen LogP contribution in [0.4, 0.5) is 0 Å². The van der Waals surface area contributed by atoms with E-state index in [1.807, 2.05) is 0 Å². The molecule has 4 nitrogen and oxygen atoms in total. The zero-order chi connectivity index (χ0) is 7.56. The molecule has 0 spiro atoms. The van der Waals surface area contributed by atoms with Crippen molar-refractivity contribution in [2.24, 2.45) is 5.73 Å².